The Morgan fingerprint density at radius 2 is 1.50 bits per heavy atom. The van der Waals surface area contributed by atoms with Gasteiger partial charge in [-0.05, 0) is 18.2 Å². The molecule has 2 aliphatic rings. The molecule has 16 nitrogen and oxygen atoms in total. The number of phenolic OH excluding ortho intramolecular Hbond substituents is 4. The van der Waals surface area contributed by atoms with Crippen LogP contribution in [-0.2, 0) is 14.2 Å². The lowest BCUT2D eigenvalue weighted by atomic mass is 9.99. The van der Waals surface area contributed by atoms with Gasteiger partial charge in [0.15, 0.2) is 23.5 Å². The topological polar surface area (TPSA) is 269 Å². The molecule has 0 spiro atoms. The molecule has 2 saturated heterocycles. The highest BCUT2D eigenvalue weighted by molar-refractivity contribution is 5.88. The highest BCUT2D eigenvalue weighted by atomic mass is 16.7. The molecular formula is C26H28O16. The van der Waals surface area contributed by atoms with Crippen molar-refractivity contribution < 1.29 is 74.4 Å². The van der Waals surface area contributed by atoms with E-state index in [1.807, 2.05) is 0 Å². The average molecular weight is 596 g/mol. The summed E-state index contributed by atoms with van der Waals surface area (Å²) in [7, 11) is 0. The van der Waals surface area contributed by atoms with Gasteiger partial charge in [-0.15, -0.1) is 0 Å². The first-order valence-electron chi connectivity index (χ1n) is 12.6. The minimum atomic E-state index is -1.96. The fraction of sp³-hybridized carbons (Fsp3) is 0.423. The van der Waals surface area contributed by atoms with Crippen LogP contribution in [0.15, 0.2) is 39.5 Å². The molecule has 1 aromatic heterocycles. The van der Waals surface area contributed by atoms with Crippen LogP contribution >= 0.6 is 0 Å². The number of aromatic hydroxyl groups is 4. The summed E-state index contributed by atoms with van der Waals surface area (Å²) in [6, 6.07) is 5.23. The lowest BCUT2D eigenvalue weighted by molar-refractivity contribution is -0.307. The molecule has 0 bridgehead atoms. The predicted molar refractivity (Wildman–Crippen MR) is 136 cm³/mol. The van der Waals surface area contributed by atoms with E-state index in [1.165, 1.54) is 6.07 Å². The van der Waals surface area contributed by atoms with Gasteiger partial charge in [-0.1, -0.05) is 0 Å². The van der Waals surface area contributed by atoms with E-state index in [9.17, 15) is 55.9 Å². The van der Waals surface area contributed by atoms with E-state index in [4.69, 9.17) is 23.4 Å². The van der Waals surface area contributed by atoms with E-state index in [2.05, 4.69) is 0 Å². The molecule has 0 saturated carbocycles. The van der Waals surface area contributed by atoms with Gasteiger partial charge in [-0.2, -0.15) is 0 Å². The molecule has 0 amide bonds. The maximum Gasteiger partial charge on any atom is 0.239 e. The lowest BCUT2D eigenvalue weighted by Crippen LogP contribution is -2.61. The van der Waals surface area contributed by atoms with Crippen molar-refractivity contribution >= 4 is 11.0 Å². The highest BCUT2D eigenvalue weighted by Crippen LogP contribution is 2.39. The maximum atomic E-state index is 13.5. The van der Waals surface area contributed by atoms with E-state index >= 15 is 0 Å². The summed E-state index contributed by atoms with van der Waals surface area (Å²) in [5.41, 5.74) is -1.35. The Balaban J connectivity index is 1.48. The Morgan fingerprint density at radius 3 is 2.21 bits per heavy atom. The van der Waals surface area contributed by atoms with Crippen LogP contribution in [0.2, 0.25) is 0 Å². The first-order valence-corrected chi connectivity index (χ1v) is 12.6. The van der Waals surface area contributed by atoms with Crippen molar-refractivity contribution in [2.75, 3.05) is 13.2 Å². The molecule has 2 aromatic carbocycles. The summed E-state index contributed by atoms with van der Waals surface area (Å²) in [6.45, 7) is -0.970. The SMILES string of the molecule is O=c1c(O[C@@H]2O[C@H](CO[C@@H]3OC[C@@H](O)[C@H](O)[C@H]3O)[C@@H](O)[C@H](O)[C@H]2O)c(-c2ccc(O)c(O)c2)oc2cc(O)cc(O)c12. The fourth-order valence-corrected chi connectivity index (χ4v) is 4.61. The van der Waals surface area contributed by atoms with Crippen molar-refractivity contribution in [2.24, 2.45) is 0 Å². The number of hydrogen-bond donors (Lipinski definition) is 10. The first kappa shape index (κ1) is 29.8. The van der Waals surface area contributed by atoms with Gasteiger partial charge in [0.1, 0.15) is 65.2 Å². The third kappa shape index (κ3) is 5.42. The van der Waals surface area contributed by atoms with Gasteiger partial charge in [-0.3, -0.25) is 4.79 Å². The van der Waals surface area contributed by atoms with E-state index in [0.717, 1.165) is 24.3 Å². The second-order valence-electron chi connectivity index (χ2n) is 9.85. The zero-order valence-electron chi connectivity index (χ0n) is 21.4. The van der Waals surface area contributed by atoms with E-state index in [-0.39, 0.29) is 17.8 Å². The minimum Gasteiger partial charge on any atom is -0.508 e. The number of aliphatic hydroxyl groups excluding tert-OH is 6. The number of ether oxygens (including phenoxy) is 4. The molecule has 16 heteroatoms. The molecule has 42 heavy (non-hydrogen) atoms. The summed E-state index contributed by atoms with van der Waals surface area (Å²) in [4.78, 5) is 13.5. The zero-order chi connectivity index (χ0) is 30.5. The van der Waals surface area contributed by atoms with Crippen LogP contribution in [0, 0.1) is 0 Å². The van der Waals surface area contributed by atoms with Crippen LogP contribution in [-0.4, -0.2) is 120 Å². The molecule has 0 unspecified atom stereocenters. The number of aliphatic hydroxyl groups is 6. The highest BCUT2D eigenvalue weighted by Gasteiger charge is 2.47. The van der Waals surface area contributed by atoms with Crippen molar-refractivity contribution in [2.45, 2.75) is 55.3 Å². The normalized spacial score (nSPS) is 31.7. The van der Waals surface area contributed by atoms with Gasteiger partial charge in [-0.25, -0.2) is 0 Å². The summed E-state index contributed by atoms with van der Waals surface area (Å²) >= 11 is 0. The fourth-order valence-electron chi connectivity index (χ4n) is 4.61. The van der Waals surface area contributed by atoms with Gasteiger partial charge in [0, 0.05) is 17.7 Å². The van der Waals surface area contributed by atoms with Crippen LogP contribution in [0.1, 0.15) is 0 Å². The molecule has 228 valence electrons. The molecule has 3 aromatic rings. The number of phenols is 4. The Labute approximate surface area is 235 Å². The summed E-state index contributed by atoms with van der Waals surface area (Å²) in [5.74, 6) is -3.33. The van der Waals surface area contributed by atoms with Gasteiger partial charge in [0.05, 0.1) is 13.2 Å². The maximum absolute atomic E-state index is 13.5. The molecular weight excluding hydrogens is 568 g/mol. The molecule has 9 atom stereocenters. The first-order chi connectivity index (χ1) is 19.9. The Hall–Kier alpha value is -3.71. The average Bonchev–Trinajstić information content (AvgIpc) is 2.94. The third-order valence-electron chi connectivity index (χ3n) is 6.94. The largest absolute Gasteiger partial charge is 0.508 e. The van der Waals surface area contributed by atoms with Crippen molar-refractivity contribution in [1.82, 2.24) is 0 Å². The Bertz CT molecular complexity index is 1510. The summed E-state index contributed by atoms with van der Waals surface area (Å²) < 4.78 is 27.5. The zero-order valence-corrected chi connectivity index (χ0v) is 21.4. The molecule has 0 radical (unpaired) electrons. The van der Waals surface area contributed by atoms with E-state index in [1.54, 1.807) is 0 Å². The van der Waals surface area contributed by atoms with Crippen LogP contribution in [0.25, 0.3) is 22.3 Å². The van der Waals surface area contributed by atoms with E-state index in [0.29, 0.717) is 0 Å². The number of hydrogen-bond acceptors (Lipinski definition) is 16. The summed E-state index contributed by atoms with van der Waals surface area (Å²) in [6.07, 6.45) is -15.1. The van der Waals surface area contributed by atoms with Gasteiger partial charge >= 0.3 is 0 Å². The van der Waals surface area contributed by atoms with Crippen LogP contribution in [0.5, 0.6) is 28.7 Å². The predicted octanol–water partition coefficient (Wildman–Crippen LogP) is -2.08. The van der Waals surface area contributed by atoms with Crippen molar-refractivity contribution in [3.63, 3.8) is 0 Å². The Morgan fingerprint density at radius 1 is 0.786 bits per heavy atom. The number of fused-ring (bicyclic) bond motifs is 1. The minimum absolute atomic E-state index is 0.0305. The Kier molecular flexibility index (Phi) is 8.17. The molecule has 5 rings (SSSR count). The quantitative estimate of drug-likeness (QED) is 0.137. The molecule has 2 aliphatic heterocycles. The molecule has 10 N–H and O–H groups in total. The standard InChI is InChI=1S/C26H28O16/c27-9-4-12(30)16-14(5-9)40-23(8-1-2-10(28)11(29)3-8)24(19(16)34)42-26-22(37)20(35)18(33)15(41-26)7-39-25-21(36)17(32)13(31)6-38-25/h1-5,13,15,17-18,20-22,25-33,35-37H,6-7H2/t13-,15-,17+,18-,20+,21-,22-,25+,26+/m1/s1. The van der Waals surface area contributed by atoms with Gasteiger partial charge in [0.2, 0.25) is 17.5 Å². The van der Waals surface area contributed by atoms with E-state index < -0.39 is 107 Å². The monoisotopic (exact) mass is 596 g/mol. The number of rotatable bonds is 6. The van der Waals surface area contributed by atoms with Gasteiger partial charge in [0.25, 0.3) is 0 Å². The summed E-state index contributed by atoms with van der Waals surface area (Å²) in [5, 5.41) is 101. The van der Waals surface area contributed by atoms with Crippen LogP contribution in [0.3, 0.4) is 0 Å². The van der Waals surface area contributed by atoms with Crippen molar-refractivity contribution in [3.8, 4) is 40.1 Å². The van der Waals surface area contributed by atoms with Crippen LogP contribution < -0.4 is 10.2 Å². The number of benzene rings is 2. The third-order valence-corrected chi connectivity index (χ3v) is 6.94. The molecule has 3 heterocycles. The smallest absolute Gasteiger partial charge is 0.239 e. The molecule has 0 aliphatic carbocycles. The second kappa shape index (κ2) is 11.5. The van der Waals surface area contributed by atoms with Crippen molar-refractivity contribution in [3.05, 3.63) is 40.6 Å². The lowest BCUT2D eigenvalue weighted by Gasteiger charge is -2.41. The molecule has 2 fully saturated rings. The van der Waals surface area contributed by atoms with Crippen LogP contribution in [0.4, 0.5) is 0 Å². The van der Waals surface area contributed by atoms with Gasteiger partial charge < -0.3 is 74.4 Å². The van der Waals surface area contributed by atoms with Crippen molar-refractivity contribution in [1.29, 1.82) is 0 Å². The second-order valence-corrected chi connectivity index (χ2v) is 9.85.